The number of aromatic nitrogens is 6. The van der Waals surface area contributed by atoms with Crippen molar-refractivity contribution in [3.63, 3.8) is 0 Å². The van der Waals surface area contributed by atoms with Gasteiger partial charge in [0.15, 0.2) is 33.6 Å². The van der Waals surface area contributed by atoms with Crippen molar-refractivity contribution >= 4 is 28.7 Å². The monoisotopic (exact) mass is 468 g/mol. The predicted molar refractivity (Wildman–Crippen MR) is 123 cm³/mol. The van der Waals surface area contributed by atoms with Crippen LogP contribution in [0.25, 0.3) is 22.4 Å². The van der Waals surface area contributed by atoms with Crippen LogP contribution in [0.4, 0.5) is 5.82 Å². The molecule has 1 unspecified atom stereocenters. The molecule has 0 aliphatic carbocycles. The molecule has 33 heavy (non-hydrogen) atoms. The number of nitrogens with one attached hydrogen (secondary N) is 2. The van der Waals surface area contributed by atoms with E-state index in [1.54, 1.807) is 6.20 Å². The molecular weight excluding hydrogens is 444 g/mol. The topological polar surface area (TPSA) is 149 Å². The Bertz CT molecular complexity index is 1270. The number of nitrogens with two attached hydrogens (primary N) is 1. The summed E-state index contributed by atoms with van der Waals surface area (Å²) in [7, 11) is 0. The van der Waals surface area contributed by atoms with E-state index in [0.717, 1.165) is 16.2 Å². The van der Waals surface area contributed by atoms with Crippen LogP contribution in [-0.4, -0.2) is 60.3 Å². The van der Waals surface area contributed by atoms with Gasteiger partial charge >= 0.3 is 0 Å². The summed E-state index contributed by atoms with van der Waals surface area (Å²) in [6.45, 7) is 4.96. The summed E-state index contributed by atoms with van der Waals surface area (Å²) in [5.74, 6) is 1.60. The largest absolute Gasteiger partial charge is 0.454 e. The Balaban J connectivity index is 1.56. The number of H-pyrrole nitrogens is 1. The number of nitrogens with zero attached hydrogens (tertiary/aromatic N) is 5. The van der Waals surface area contributed by atoms with E-state index in [9.17, 15) is 5.11 Å². The predicted octanol–water partition coefficient (Wildman–Crippen LogP) is 2.04. The molecular formula is C21H24N8O3S. The van der Waals surface area contributed by atoms with Crippen molar-refractivity contribution in [3.8, 4) is 22.8 Å². The molecule has 0 saturated heterocycles. The third-order valence-corrected chi connectivity index (χ3v) is 6.18. The van der Waals surface area contributed by atoms with Crippen LogP contribution in [0.2, 0.25) is 0 Å². The Morgan fingerprint density at radius 2 is 2.09 bits per heavy atom. The lowest BCUT2D eigenvalue weighted by atomic mass is 10.1. The number of hydrogen-bond acceptors (Lipinski definition) is 10. The summed E-state index contributed by atoms with van der Waals surface area (Å²) in [5, 5.41) is 21.7. The van der Waals surface area contributed by atoms with Crippen molar-refractivity contribution in [2.45, 2.75) is 42.6 Å². The maximum absolute atomic E-state index is 10.7. The molecule has 0 spiro atoms. The van der Waals surface area contributed by atoms with Crippen molar-refractivity contribution < 1.29 is 14.6 Å². The van der Waals surface area contributed by atoms with E-state index in [2.05, 4.69) is 25.5 Å². The van der Waals surface area contributed by atoms with Gasteiger partial charge in [-0.1, -0.05) is 25.6 Å². The molecule has 5 N–H and O–H groups in total. The first kappa shape index (κ1) is 21.5. The molecule has 1 aliphatic rings. The zero-order valence-electron chi connectivity index (χ0n) is 18.1. The Morgan fingerprint density at radius 3 is 2.85 bits per heavy atom. The zero-order chi connectivity index (χ0) is 22.9. The van der Waals surface area contributed by atoms with Gasteiger partial charge in [0.25, 0.3) is 0 Å². The SMILES string of the molecule is CC(C)NCC(O)Cn1c(Sc2cc3c(cc2-c2cc[nH]n2)OCO3)nc2c(N)ncnc21. The molecule has 0 amide bonds. The number of aliphatic hydroxyl groups is 1. The Morgan fingerprint density at radius 1 is 1.27 bits per heavy atom. The third-order valence-electron chi connectivity index (χ3n) is 5.13. The van der Waals surface area contributed by atoms with E-state index in [1.165, 1.54) is 18.1 Å². The number of anilines is 1. The van der Waals surface area contributed by atoms with Gasteiger partial charge in [0, 0.05) is 29.2 Å². The number of hydrogen-bond donors (Lipinski definition) is 4. The van der Waals surface area contributed by atoms with Gasteiger partial charge in [-0.3, -0.25) is 5.10 Å². The molecule has 11 nitrogen and oxygen atoms in total. The number of rotatable bonds is 8. The van der Waals surface area contributed by atoms with E-state index >= 15 is 0 Å². The molecule has 5 rings (SSSR count). The molecule has 4 heterocycles. The fraction of sp³-hybridized carbons (Fsp3) is 0.333. The minimum atomic E-state index is -0.650. The molecule has 4 aromatic rings. The lowest BCUT2D eigenvalue weighted by Gasteiger charge is -2.16. The Kier molecular flexibility index (Phi) is 5.79. The molecule has 0 bridgehead atoms. The van der Waals surface area contributed by atoms with E-state index in [4.69, 9.17) is 20.2 Å². The highest BCUT2D eigenvalue weighted by molar-refractivity contribution is 7.99. The first-order chi connectivity index (χ1) is 16.0. The molecule has 0 fully saturated rings. The summed E-state index contributed by atoms with van der Waals surface area (Å²) >= 11 is 1.41. The lowest BCUT2D eigenvalue weighted by Crippen LogP contribution is -2.34. The van der Waals surface area contributed by atoms with Crippen molar-refractivity contribution in [2.75, 3.05) is 19.1 Å². The minimum absolute atomic E-state index is 0.170. The maximum Gasteiger partial charge on any atom is 0.231 e. The van der Waals surface area contributed by atoms with Crippen LogP contribution in [0, 0.1) is 0 Å². The Labute approximate surface area is 193 Å². The van der Waals surface area contributed by atoms with Crippen molar-refractivity contribution in [2.24, 2.45) is 0 Å². The van der Waals surface area contributed by atoms with Gasteiger partial charge in [0.05, 0.1) is 18.3 Å². The maximum atomic E-state index is 10.7. The van der Waals surface area contributed by atoms with Crippen molar-refractivity contribution in [1.29, 1.82) is 0 Å². The lowest BCUT2D eigenvalue weighted by molar-refractivity contribution is 0.147. The van der Waals surface area contributed by atoms with Crippen molar-refractivity contribution in [3.05, 3.63) is 30.7 Å². The highest BCUT2D eigenvalue weighted by atomic mass is 32.2. The van der Waals surface area contributed by atoms with E-state index in [0.29, 0.717) is 34.4 Å². The van der Waals surface area contributed by atoms with Crippen molar-refractivity contribution in [1.82, 2.24) is 35.0 Å². The van der Waals surface area contributed by atoms with Crippen LogP contribution < -0.4 is 20.5 Å². The van der Waals surface area contributed by atoms with E-state index < -0.39 is 6.10 Å². The van der Waals surface area contributed by atoms with Crippen LogP contribution in [0.15, 0.2) is 40.8 Å². The van der Waals surface area contributed by atoms with Crippen LogP contribution in [0.1, 0.15) is 13.8 Å². The number of aromatic amines is 1. The minimum Gasteiger partial charge on any atom is -0.454 e. The number of fused-ring (bicyclic) bond motifs is 2. The molecule has 12 heteroatoms. The van der Waals surface area contributed by atoms with Crippen LogP contribution in [-0.2, 0) is 6.54 Å². The molecule has 0 saturated carbocycles. The quantitative estimate of drug-likeness (QED) is 0.303. The van der Waals surface area contributed by atoms with Gasteiger partial charge in [0.1, 0.15) is 6.33 Å². The van der Waals surface area contributed by atoms with Gasteiger partial charge in [-0.2, -0.15) is 5.10 Å². The van der Waals surface area contributed by atoms with E-state index in [-0.39, 0.29) is 25.2 Å². The van der Waals surface area contributed by atoms with Gasteiger partial charge in [-0.25, -0.2) is 15.0 Å². The second-order valence-electron chi connectivity index (χ2n) is 7.92. The number of benzene rings is 1. The summed E-state index contributed by atoms with van der Waals surface area (Å²) in [6.07, 6.45) is 2.51. The standard InChI is InChI=1S/C21H24N8O3S/c1-11(2)23-7-12(30)8-29-20-18(19(22)24-9-25-20)27-21(29)33-17-6-16-15(31-10-32-16)5-13(17)14-3-4-26-28-14/h3-6,9,11-12,23,30H,7-8,10H2,1-2H3,(H,26,28)(H2,22,24,25). The molecule has 1 atom stereocenters. The van der Waals surface area contributed by atoms with E-state index in [1.807, 2.05) is 36.6 Å². The molecule has 172 valence electrons. The molecule has 1 aliphatic heterocycles. The third kappa shape index (κ3) is 4.32. The average Bonchev–Trinajstić information content (AvgIpc) is 3.53. The number of imidazole rings is 1. The summed E-state index contributed by atoms with van der Waals surface area (Å²) in [4.78, 5) is 14.0. The second-order valence-corrected chi connectivity index (χ2v) is 8.93. The number of ether oxygens (including phenoxy) is 2. The highest BCUT2D eigenvalue weighted by Gasteiger charge is 2.23. The first-order valence-electron chi connectivity index (χ1n) is 10.5. The van der Waals surface area contributed by atoms with Crippen LogP contribution in [0.5, 0.6) is 11.5 Å². The normalized spacial score (nSPS) is 13.8. The van der Waals surface area contributed by atoms with Gasteiger partial charge in [0.2, 0.25) is 6.79 Å². The van der Waals surface area contributed by atoms with Gasteiger partial charge in [-0.15, -0.1) is 0 Å². The molecule has 1 aromatic carbocycles. The van der Waals surface area contributed by atoms with Crippen LogP contribution >= 0.6 is 11.8 Å². The highest BCUT2D eigenvalue weighted by Crippen LogP contribution is 2.44. The second kappa shape index (κ2) is 8.89. The summed E-state index contributed by atoms with van der Waals surface area (Å²) < 4.78 is 13.0. The number of nitrogen functional groups attached to an aromatic ring is 1. The van der Waals surface area contributed by atoms with Gasteiger partial charge < -0.3 is 30.2 Å². The van der Waals surface area contributed by atoms with Crippen LogP contribution in [0.3, 0.4) is 0 Å². The molecule has 3 aromatic heterocycles. The fourth-order valence-electron chi connectivity index (χ4n) is 3.54. The fourth-order valence-corrected chi connectivity index (χ4v) is 4.58. The molecule has 0 radical (unpaired) electrons. The number of aliphatic hydroxyl groups excluding tert-OH is 1. The summed E-state index contributed by atoms with van der Waals surface area (Å²) in [6, 6.07) is 5.96. The summed E-state index contributed by atoms with van der Waals surface area (Å²) in [5.41, 5.74) is 8.77. The van der Waals surface area contributed by atoms with Gasteiger partial charge in [-0.05, 0) is 18.2 Å². The zero-order valence-corrected chi connectivity index (χ0v) is 19.0. The first-order valence-corrected chi connectivity index (χ1v) is 11.3. The smallest absolute Gasteiger partial charge is 0.231 e. The Hall–Kier alpha value is -3.35. The average molecular weight is 469 g/mol.